The molecule has 3 nitrogen and oxygen atoms in total. The smallest absolute Gasteiger partial charge is 0.0646 e. The van der Waals surface area contributed by atoms with E-state index in [0.29, 0.717) is 0 Å². The van der Waals surface area contributed by atoms with Crippen molar-refractivity contribution in [2.75, 3.05) is 32.8 Å². The number of likely N-dealkylation sites (tertiary alicyclic amines) is 1. The lowest BCUT2D eigenvalue weighted by Gasteiger charge is -2.27. The highest BCUT2D eigenvalue weighted by Crippen LogP contribution is 2.25. The molecule has 0 amide bonds. The molecule has 2 N–H and O–H groups in total. The van der Waals surface area contributed by atoms with Crippen LogP contribution in [0.3, 0.4) is 0 Å². The van der Waals surface area contributed by atoms with E-state index < -0.39 is 0 Å². The molecule has 0 spiro atoms. The van der Waals surface area contributed by atoms with Gasteiger partial charge in [-0.3, -0.25) is 0 Å². The molecule has 1 aliphatic carbocycles. The first-order chi connectivity index (χ1) is 8.79. The second kappa shape index (κ2) is 7.46. The summed E-state index contributed by atoms with van der Waals surface area (Å²) in [6.07, 6.45) is 11.5. The van der Waals surface area contributed by atoms with Gasteiger partial charge in [0.2, 0.25) is 0 Å². The molecule has 0 aromatic heterocycles. The minimum Gasteiger partial charge on any atom is -0.379 e. The van der Waals surface area contributed by atoms with Crippen LogP contribution in [0.4, 0.5) is 0 Å². The van der Waals surface area contributed by atoms with Crippen molar-refractivity contribution in [3.05, 3.63) is 0 Å². The highest BCUT2D eigenvalue weighted by Gasteiger charge is 2.26. The SMILES string of the molecule is NC1(COCCCN2CCCC2)CCCCCC1. The average Bonchev–Trinajstić information content (AvgIpc) is 2.78. The molecule has 2 rings (SSSR count). The molecule has 0 unspecified atom stereocenters. The Balaban J connectivity index is 1.53. The maximum atomic E-state index is 6.43. The lowest BCUT2D eigenvalue weighted by molar-refractivity contribution is 0.0721. The van der Waals surface area contributed by atoms with Gasteiger partial charge in [0.15, 0.2) is 0 Å². The largest absolute Gasteiger partial charge is 0.379 e. The third-order valence-electron chi connectivity index (χ3n) is 4.45. The van der Waals surface area contributed by atoms with Crippen LogP contribution in [-0.4, -0.2) is 43.3 Å². The van der Waals surface area contributed by atoms with Crippen molar-refractivity contribution in [1.29, 1.82) is 0 Å². The van der Waals surface area contributed by atoms with Crippen molar-refractivity contribution in [1.82, 2.24) is 4.90 Å². The second-order valence-corrected chi connectivity index (χ2v) is 6.23. The van der Waals surface area contributed by atoms with Gasteiger partial charge in [-0.25, -0.2) is 0 Å². The summed E-state index contributed by atoms with van der Waals surface area (Å²) in [5, 5.41) is 0. The van der Waals surface area contributed by atoms with Gasteiger partial charge < -0.3 is 15.4 Å². The molecule has 1 aliphatic heterocycles. The van der Waals surface area contributed by atoms with Gasteiger partial charge in [0.25, 0.3) is 0 Å². The third kappa shape index (κ3) is 4.87. The average molecular weight is 254 g/mol. The van der Waals surface area contributed by atoms with E-state index in [9.17, 15) is 0 Å². The molecule has 106 valence electrons. The van der Waals surface area contributed by atoms with Gasteiger partial charge >= 0.3 is 0 Å². The molecule has 1 heterocycles. The van der Waals surface area contributed by atoms with E-state index in [4.69, 9.17) is 10.5 Å². The Morgan fingerprint density at radius 2 is 1.61 bits per heavy atom. The number of hydrogen-bond donors (Lipinski definition) is 1. The zero-order valence-corrected chi connectivity index (χ0v) is 11.8. The van der Waals surface area contributed by atoms with E-state index in [1.807, 2.05) is 0 Å². The summed E-state index contributed by atoms with van der Waals surface area (Å²) in [6.45, 7) is 5.45. The van der Waals surface area contributed by atoms with Gasteiger partial charge in [-0.2, -0.15) is 0 Å². The van der Waals surface area contributed by atoms with Crippen LogP contribution < -0.4 is 5.73 Å². The highest BCUT2D eigenvalue weighted by molar-refractivity contribution is 4.85. The van der Waals surface area contributed by atoms with E-state index in [-0.39, 0.29) is 5.54 Å². The molecular weight excluding hydrogens is 224 g/mol. The molecule has 1 saturated heterocycles. The zero-order chi connectivity index (χ0) is 12.7. The fourth-order valence-corrected chi connectivity index (χ4v) is 3.25. The van der Waals surface area contributed by atoms with Crippen LogP contribution in [0.1, 0.15) is 57.8 Å². The molecule has 2 fully saturated rings. The zero-order valence-electron chi connectivity index (χ0n) is 11.8. The first kappa shape index (κ1) is 14.3. The van der Waals surface area contributed by atoms with Crippen LogP contribution in [0.2, 0.25) is 0 Å². The molecule has 1 saturated carbocycles. The number of ether oxygens (including phenoxy) is 1. The third-order valence-corrected chi connectivity index (χ3v) is 4.45. The lowest BCUT2D eigenvalue weighted by atomic mass is 9.93. The predicted molar refractivity (Wildman–Crippen MR) is 75.7 cm³/mol. The van der Waals surface area contributed by atoms with E-state index in [2.05, 4.69) is 4.90 Å². The lowest BCUT2D eigenvalue weighted by Crippen LogP contribution is -2.44. The fraction of sp³-hybridized carbons (Fsp3) is 1.00. The molecular formula is C15H30N2O. The van der Waals surface area contributed by atoms with Crippen molar-refractivity contribution in [3.8, 4) is 0 Å². The summed E-state index contributed by atoms with van der Waals surface area (Å²) in [6, 6.07) is 0. The highest BCUT2D eigenvalue weighted by atomic mass is 16.5. The maximum Gasteiger partial charge on any atom is 0.0646 e. The number of hydrogen-bond acceptors (Lipinski definition) is 3. The summed E-state index contributed by atoms with van der Waals surface area (Å²) in [7, 11) is 0. The monoisotopic (exact) mass is 254 g/mol. The van der Waals surface area contributed by atoms with Crippen molar-refractivity contribution < 1.29 is 4.74 Å². The van der Waals surface area contributed by atoms with Gasteiger partial charge in [-0.1, -0.05) is 25.7 Å². The van der Waals surface area contributed by atoms with E-state index in [0.717, 1.165) is 32.5 Å². The van der Waals surface area contributed by atoms with E-state index in [1.54, 1.807) is 0 Å². The molecule has 0 aromatic carbocycles. The Morgan fingerprint density at radius 1 is 0.944 bits per heavy atom. The Hall–Kier alpha value is -0.120. The summed E-state index contributed by atoms with van der Waals surface area (Å²) in [4.78, 5) is 2.55. The van der Waals surface area contributed by atoms with Crippen LogP contribution in [-0.2, 0) is 4.74 Å². The summed E-state index contributed by atoms with van der Waals surface area (Å²) in [5.41, 5.74) is 6.40. The van der Waals surface area contributed by atoms with Crippen molar-refractivity contribution in [2.45, 2.75) is 63.3 Å². The van der Waals surface area contributed by atoms with Crippen LogP contribution in [0.15, 0.2) is 0 Å². The quantitative estimate of drug-likeness (QED) is 0.585. The summed E-state index contributed by atoms with van der Waals surface area (Å²) >= 11 is 0. The first-order valence-electron chi connectivity index (χ1n) is 7.88. The van der Waals surface area contributed by atoms with Crippen LogP contribution in [0.25, 0.3) is 0 Å². The first-order valence-corrected chi connectivity index (χ1v) is 7.88. The molecule has 2 aliphatic rings. The maximum absolute atomic E-state index is 6.43. The Morgan fingerprint density at radius 3 is 2.28 bits per heavy atom. The van der Waals surface area contributed by atoms with Crippen LogP contribution in [0.5, 0.6) is 0 Å². The van der Waals surface area contributed by atoms with Crippen LogP contribution in [0, 0.1) is 0 Å². The van der Waals surface area contributed by atoms with Crippen molar-refractivity contribution >= 4 is 0 Å². The topological polar surface area (TPSA) is 38.5 Å². The predicted octanol–water partition coefficient (Wildman–Crippen LogP) is 2.54. The van der Waals surface area contributed by atoms with Gasteiger partial charge in [-0.05, 0) is 45.2 Å². The Bertz CT molecular complexity index is 219. The number of nitrogens with zero attached hydrogens (tertiary/aromatic N) is 1. The molecule has 0 atom stereocenters. The standard InChI is InChI=1S/C15H30N2O/c16-15(8-3-1-2-4-9-15)14-18-13-7-12-17-10-5-6-11-17/h1-14,16H2. The molecule has 3 heteroatoms. The van der Waals surface area contributed by atoms with Gasteiger partial charge in [0.1, 0.15) is 0 Å². The van der Waals surface area contributed by atoms with Gasteiger partial charge in [0, 0.05) is 18.7 Å². The van der Waals surface area contributed by atoms with Gasteiger partial charge in [-0.15, -0.1) is 0 Å². The van der Waals surface area contributed by atoms with Gasteiger partial charge in [0.05, 0.1) is 6.61 Å². The number of rotatable bonds is 6. The Labute approximate surface area is 112 Å². The van der Waals surface area contributed by atoms with Crippen molar-refractivity contribution in [3.63, 3.8) is 0 Å². The fourth-order valence-electron chi connectivity index (χ4n) is 3.25. The van der Waals surface area contributed by atoms with Crippen LogP contribution >= 0.6 is 0 Å². The molecule has 0 aromatic rings. The number of nitrogens with two attached hydrogens (primary N) is 1. The summed E-state index contributed by atoms with van der Waals surface area (Å²) < 4.78 is 5.84. The van der Waals surface area contributed by atoms with E-state index >= 15 is 0 Å². The minimum absolute atomic E-state index is 0.0237. The minimum atomic E-state index is -0.0237. The molecule has 0 radical (unpaired) electrons. The molecule has 18 heavy (non-hydrogen) atoms. The van der Waals surface area contributed by atoms with Crippen molar-refractivity contribution in [2.24, 2.45) is 5.73 Å². The van der Waals surface area contributed by atoms with E-state index in [1.165, 1.54) is 58.2 Å². The molecule has 0 bridgehead atoms. The normalized spacial score (nSPS) is 25.2. The summed E-state index contributed by atoms with van der Waals surface area (Å²) in [5.74, 6) is 0. The second-order valence-electron chi connectivity index (χ2n) is 6.23. The Kier molecular flexibility index (Phi) is 5.93.